The topological polar surface area (TPSA) is 61.3 Å². The van der Waals surface area contributed by atoms with Gasteiger partial charge in [-0.1, -0.05) is 30.3 Å². The van der Waals surface area contributed by atoms with Crippen LogP contribution in [-0.4, -0.2) is 23.0 Å². The van der Waals surface area contributed by atoms with Crippen molar-refractivity contribution in [2.75, 3.05) is 7.11 Å². The van der Waals surface area contributed by atoms with E-state index in [0.717, 1.165) is 10.8 Å². The Morgan fingerprint density at radius 2 is 1.90 bits per heavy atom. The van der Waals surface area contributed by atoms with Crippen molar-refractivity contribution < 1.29 is 14.3 Å². The third-order valence-electron chi connectivity index (χ3n) is 3.02. The molecule has 0 amide bonds. The summed E-state index contributed by atoms with van der Waals surface area (Å²) in [6, 6.07) is 13.6. The number of esters is 1. The van der Waals surface area contributed by atoms with Gasteiger partial charge in [-0.3, -0.25) is 0 Å². The number of hydrogen-bond donors (Lipinski definition) is 0. The minimum absolute atomic E-state index is 0.173. The van der Waals surface area contributed by atoms with Crippen LogP contribution in [0, 0.1) is 0 Å². The Kier molecular flexibility index (Phi) is 3.47. The minimum atomic E-state index is -0.536. The van der Waals surface area contributed by atoms with Gasteiger partial charge in [-0.05, 0) is 22.9 Å². The fourth-order valence-electron chi connectivity index (χ4n) is 1.99. The van der Waals surface area contributed by atoms with Crippen molar-refractivity contribution in [2.45, 2.75) is 0 Å². The van der Waals surface area contributed by atoms with Crippen LogP contribution in [0.3, 0.4) is 0 Å². The van der Waals surface area contributed by atoms with Gasteiger partial charge in [0.2, 0.25) is 5.88 Å². The number of carbonyl (C=O) groups excluding carboxylic acids is 1. The molecule has 3 rings (SSSR count). The van der Waals surface area contributed by atoms with E-state index in [0.29, 0.717) is 5.75 Å². The van der Waals surface area contributed by atoms with E-state index in [1.165, 1.54) is 19.6 Å². The van der Waals surface area contributed by atoms with Crippen LogP contribution in [0.15, 0.2) is 55.0 Å². The van der Waals surface area contributed by atoms with Gasteiger partial charge in [-0.25, -0.2) is 14.8 Å². The summed E-state index contributed by atoms with van der Waals surface area (Å²) >= 11 is 0. The molecule has 0 fully saturated rings. The highest BCUT2D eigenvalue weighted by molar-refractivity contribution is 5.91. The normalized spacial score (nSPS) is 10.3. The molecule has 5 heteroatoms. The van der Waals surface area contributed by atoms with Crippen LogP contribution in [0.2, 0.25) is 0 Å². The number of methoxy groups -OCH3 is 1. The molecular formula is C16H12N2O3. The van der Waals surface area contributed by atoms with Crippen molar-refractivity contribution in [3.63, 3.8) is 0 Å². The van der Waals surface area contributed by atoms with Crippen molar-refractivity contribution in [1.29, 1.82) is 0 Å². The van der Waals surface area contributed by atoms with Crippen molar-refractivity contribution in [1.82, 2.24) is 9.97 Å². The van der Waals surface area contributed by atoms with E-state index in [4.69, 9.17) is 4.74 Å². The van der Waals surface area contributed by atoms with Gasteiger partial charge < -0.3 is 9.47 Å². The van der Waals surface area contributed by atoms with Crippen LogP contribution in [0.5, 0.6) is 11.6 Å². The molecule has 1 aromatic heterocycles. The summed E-state index contributed by atoms with van der Waals surface area (Å²) < 4.78 is 10.4. The summed E-state index contributed by atoms with van der Waals surface area (Å²) in [6.07, 6.45) is 2.69. The summed E-state index contributed by atoms with van der Waals surface area (Å²) in [4.78, 5) is 19.5. The van der Waals surface area contributed by atoms with Crippen LogP contribution >= 0.6 is 0 Å². The van der Waals surface area contributed by atoms with Gasteiger partial charge >= 0.3 is 5.97 Å². The van der Waals surface area contributed by atoms with Crippen LogP contribution in [0.1, 0.15) is 10.4 Å². The Bertz CT molecular complexity index is 802. The van der Waals surface area contributed by atoms with Gasteiger partial charge in [-0.15, -0.1) is 0 Å². The number of aromatic nitrogens is 2. The standard InChI is InChI=1S/C16H12N2O3/c1-20-16(19)14-9-17-10-18-15(14)21-13-7-6-11-4-2-3-5-12(11)8-13/h2-10H,1H3. The monoisotopic (exact) mass is 280 g/mol. The quantitative estimate of drug-likeness (QED) is 0.689. The molecule has 1 heterocycles. The first kappa shape index (κ1) is 13.1. The molecule has 0 bridgehead atoms. The molecule has 0 saturated carbocycles. The molecule has 0 aliphatic carbocycles. The Labute approximate surface area is 121 Å². The van der Waals surface area contributed by atoms with Crippen molar-refractivity contribution in [2.24, 2.45) is 0 Å². The van der Waals surface area contributed by atoms with Crippen molar-refractivity contribution in [3.05, 3.63) is 60.6 Å². The van der Waals surface area contributed by atoms with Crippen LogP contribution in [-0.2, 0) is 4.74 Å². The molecule has 0 atom stereocenters. The molecule has 21 heavy (non-hydrogen) atoms. The SMILES string of the molecule is COC(=O)c1cncnc1Oc1ccc2ccccc2c1. The second kappa shape index (κ2) is 5.58. The van der Waals surface area contributed by atoms with E-state index in [2.05, 4.69) is 14.7 Å². The zero-order valence-electron chi connectivity index (χ0n) is 11.3. The minimum Gasteiger partial charge on any atom is -0.465 e. The Hall–Kier alpha value is -2.95. The second-order valence-corrected chi connectivity index (χ2v) is 4.34. The summed E-state index contributed by atoms with van der Waals surface area (Å²) in [5, 5.41) is 2.16. The molecule has 3 aromatic rings. The van der Waals surface area contributed by atoms with E-state index in [-0.39, 0.29) is 11.4 Å². The van der Waals surface area contributed by atoms with Gasteiger partial charge in [0.15, 0.2) is 0 Å². The number of rotatable bonds is 3. The highest BCUT2D eigenvalue weighted by atomic mass is 16.5. The average Bonchev–Trinajstić information content (AvgIpc) is 2.54. The van der Waals surface area contributed by atoms with E-state index >= 15 is 0 Å². The van der Waals surface area contributed by atoms with Crippen molar-refractivity contribution >= 4 is 16.7 Å². The van der Waals surface area contributed by atoms with Crippen LogP contribution in [0.4, 0.5) is 0 Å². The smallest absolute Gasteiger partial charge is 0.345 e. The number of hydrogen-bond acceptors (Lipinski definition) is 5. The third-order valence-corrected chi connectivity index (χ3v) is 3.02. The number of benzene rings is 2. The summed E-state index contributed by atoms with van der Waals surface area (Å²) in [5.74, 6) is 0.232. The zero-order chi connectivity index (χ0) is 14.7. The Morgan fingerprint density at radius 3 is 2.71 bits per heavy atom. The third kappa shape index (κ3) is 2.67. The lowest BCUT2D eigenvalue weighted by Gasteiger charge is -2.08. The highest BCUT2D eigenvalue weighted by Crippen LogP contribution is 2.26. The van der Waals surface area contributed by atoms with Gasteiger partial charge in [-0.2, -0.15) is 0 Å². The van der Waals surface area contributed by atoms with Crippen LogP contribution < -0.4 is 4.74 Å². The number of fused-ring (bicyclic) bond motifs is 1. The second-order valence-electron chi connectivity index (χ2n) is 4.34. The highest BCUT2D eigenvalue weighted by Gasteiger charge is 2.15. The molecule has 0 aliphatic heterocycles. The lowest BCUT2D eigenvalue weighted by atomic mass is 10.1. The van der Waals surface area contributed by atoms with E-state index in [9.17, 15) is 4.79 Å². The lowest BCUT2D eigenvalue weighted by Crippen LogP contribution is -2.05. The molecule has 0 N–H and O–H groups in total. The lowest BCUT2D eigenvalue weighted by molar-refractivity contribution is 0.0596. The fraction of sp³-hybridized carbons (Fsp3) is 0.0625. The Balaban J connectivity index is 1.97. The molecule has 0 unspecified atom stereocenters. The first-order chi connectivity index (χ1) is 10.3. The fourth-order valence-corrected chi connectivity index (χ4v) is 1.99. The molecule has 104 valence electrons. The van der Waals surface area contributed by atoms with Crippen LogP contribution in [0.25, 0.3) is 10.8 Å². The molecule has 0 saturated heterocycles. The maximum absolute atomic E-state index is 11.7. The number of carbonyl (C=O) groups is 1. The zero-order valence-corrected chi connectivity index (χ0v) is 11.3. The summed E-state index contributed by atoms with van der Waals surface area (Å²) in [7, 11) is 1.30. The van der Waals surface area contributed by atoms with Gasteiger partial charge in [0.05, 0.1) is 7.11 Å². The number of nitrogens with zero attached hydrogens (tertiary/aromatic N) is 2. The van der Waals surface area contributed by atoms with E-state index < -0.39 is 5.97 Å². The van der Waals surface area contributed by atoms with Gasteiger partial charge in [0, 0.05) is 6.20 Å². The molecule has 0 spiro atoms. The predicted octanol–water partition coefficient (Wildman–Crippen LogP) is 3.21. The number of ether oxygens (including phenoxy) is 2. The predicted molar refractivity (Wildman–Crippen MR) is 77.4 cm³/mol. The maximum atomic E-state index is 11.7. The van der Waals surface area contributed by atoms with Gasteiger partial charge in [0.25, 0.3) is 0 Å². The first-order valence-corrected chi connectivity index (χ1v) is 6.33. The maximum Gasteiger partial charge on any atom is 0.345 e. The molecule has 0 radical (unpaired) electrons. The largest absolute Gasteiger partial charge is 0.465 e. The molecule has 0 aliphatic rings. The first-order valence-electron chi connectivity index (χ1n) is 6.33. The average molecular weight is 280 g/mol. The van der Waals surface area contributed by atoms with Gasteiger partial charge in [0.1, 0.15) is 17.6 Å². The van der Waals surface area contributed by atoms with E-state index in [1.54, 1.807) is 0 Å². The van der Waals surface area contributed by atoms with Crippen molar-refractivity contribution in [3.8, 4) is 11.6 Å². The van der Waals surface area contributed by atoms with E-state index in [1.807, 2.05) is 42.5 Å². The molecular weight excluding hydrogens is 268 g/mol. The molecule has 5 nitrogen and oxygen atoms in total. The summed E-state index contributed by atoms with van der Waals surface area (Å²) in [6.45, 7) is 0. The Morgan fingerprint density at radius 1 is 1.10 bits per heavy atom. The molecule has 2 aromatic carbocycles. The summed E-state index contributed by atoms with van der Waals surface area (Å²) in [5.41, 5.74) is 0.188.